The number of hydrogen-bond acceptors (Lipinski definition) is 5. The second-order valence-corrected chi connectivity index (χ2v) is 10.1. The minimum absolute atomic E-state index is 0.00821. The molecule has 25 heavy (non-hydrogen) atoms. The Bertz CT molecular complexity index is 680. The molecule has 1 aromatic heterocycles. The summed E-state index contributed by atoms with van der Waals surface area (Å²) >= 11 is 1.27. The van der Waals surface area contributed by atoms with Crippen LogP contribution in [0.15, 0.2) is 21.7 Å². The zero-order chi connectivity index (χ0) is 17.9. The molecule has 1 atom stereocenters. The van der Waals surface area contributed by atoms with Crippen molar-refractivity contribution in [3.05, 3.63) is 17.5 Å². The SMILES string of the molecule is CC(=O)NCCC1CCOC2(CCN(S(=O)(=O)c3cccs3)CC2)C1. The van der Waals surface area contributed by atoms with Crippen LogP contribution in [0.3, 0.4) is 0 Å². The molecule has 3 heterocycles. The summed E-state index contributed by atoms with van der Waals surface area (Å²) in [6.07, 6.45) is 4.42. The van der Waals surface area contributed by atoms with Gasteiger partial charge in [0.15, 0.2) is 0 Å². The molecular weight excluding hydrogens is 360 g/mol. The molecule has 3 rings (SSSR count). The third-order valence-electron chi connectivity index (χ3n) is 5.24. The van der Waals surface area contributed by atoms with E-state index in [2.05, 4.69) is 5.32 Å². The van der Waals surface area contributed by atoms with Gasteiger partial charge in [-0.15, -0.1) is 11.3 Å². The summed E-state index contributed by atoms with van der Waals surface area (Å²) in [6, 6.07) is 3.44. The van der Waals surface area contributed by atoms with Crippen LogP contribution in [0.25, 0.3) is 0 Å². The first-order chi connectivity index (χ1) is 11.9. The first-order valence-electron chi connectivity index (χ1n) is 8.83. The lowest BCUT2D eigenvalue weighted by molar-refractivity contribution is -0.122. The van der Waals surface area contributed by atoms with Crippen molar-refractivity contribution in [3.63, 3.8) is 0 Å². The van der Waals surface area contributed by atoms with E-state index in [0.29, 0.717) is 29.8 Å². The molecule has 0 aromatic carbocycles. The number of carbonyl (C=O) groups is 1. The normalized spacial score (nSPS) is 24.3. The fourth-order valence-corrected chi connectivity index (χ4v) is 6.43. The molecule has 1 N–H and O–H groups in total. The first-order valence-corrected chi connectivity index (χ1v) is 11.2. The summed E-state index contributed by atoms with van der Waals surface area (Å²) in [4.78, 5) is 11.0. The van der Waals surface area contributed by atoms with Gasteiger partial charge in [-0.3, -0.25) is 4.79 Å². The van der Waals surface area contributed by atoms with Crippen molar-refractivity contribution in [1.82, 2.24) is 9.62 Å². The maximum absolute atomic E-state index is 12.6. The number of nitrogens with one attached hydrogen (secondary N) is 1. The fraction of sp³-hybridized carbons (Fsp3) is 0.706. The van der Waals surface area contributed by atoms with E-state index in [9.17, 15) is 13.2 Å². The Hall–Kier alpha value is -0.960. The van der Waals surface area contributed by atoms with Crippen molar-refractivity contribution in [2.24, 2.45) is 5.92 Å². The Morgan fingerprint density at radius 1 is 1.44 bits per heavy atom. The molecule has 1 unspecified atom stereocenters. The molecule has 8 heteroatoms. The molecule has 2 aliphatic rings. The third-order valence-corrected chi connectivity index (χ3v) is 8.52. The van der Waals surface area contributed by atoms with Crippen LogP contribution in [0.1, 0.15) is 39.0 Å². The van der Waals surface area contributed by atoms with Crippen molar-refractivity contribution < 1.29 is 17.9 Å². The maximum atomic E-state index is 12.6. The average Bonchev–Trinajstić information content (AvgIpc) is 3.10. The fourth-order valence-electron chi connectivity index (χ4n) is 3.85. The number of carbonyl (C=O) groups excluding carboxylic acids is 1. The van der Waals surface area contributed by atoms with E-state index in [1.165, 1.54) is 18.3 Å². The van der Waals surface area contributed by atoms with Gasteiger partial charge in [0.1, 0.15) is 4.21 Å². The number of piperidine rings is 1. The summed E-state index contributed by atoms with van der Waals surface area (Å²) in [5.74, 6) is 0.537. The highest BCUT2D eigenvalue weighted by molar-refractivity contribution is 7.91. The molecular formula is C17H26N2O4S2. The van der Waals surface area contributed by atoms with Crippen LogP contribution in [-0.4, -0.2) is 50.5 Å². The summed E-state index contributed by atoms with van der Waals surface area (Å²) in [5, 5.41) is 4.65. The highest BCUT2D eigenvalue weighted by atomic mass is 32.2. The van der Waals surface area contributed by atoms with Crippen LogP contribution < -0.4 is 5.32 Å². The third kappa shape index (κ3) is 4.42. The Kier molecular flexibility index (Phi) is 5.82. The number of hydrogen-bond donors (Lipinski definition) is 1. The quantitative estimate of drug-likeness (QED) is 0.842. The number of amides is 1. The standard InChI is InChI=1S/C17H26N2O4S2/c1-14(20)18-8-4-15-5-11-23-17(13-15)6-9-19(10-7-17)25(21,22)16-3-2-12-24-16/h2-3,12,15H,4-11,13H2,1H3,(H,18,20). The number of thiophene rings is 1. The lowest BCUT2D eigenvalue weighted by Crippen LogP contribution is -2.50. The van der Waals surface area contributed by atoms with Gasteiger partial charge in [-0.2, -0.15) is 4.31 Å². The van der Waals surface area contributed by atoms with Gasteiger partial charge in [0.25, 0.3) is 10.0 Å². The molecule has 0 saturated carbocycles. The minimum atomic E-state index is -3.36. The van der Waals surface area contributed by atoms with Crippen LogP contribution in [0.4, 0.5) is 0 Å². The van der Waals surface area contributed by atoms with E-state index in [0.717, 1.165) is 38.7 Å². The van der Waals surface area contributed by atoms with Gasteiger partial charge < -0.3 is 10.1 Å². The van der Waals surface area contributed by atoms with E-state index < -0.39 is 10.0 Å². The predicted octanol–water partition coefficient (Wildman–Crippen LogP) is 2.22. The van der Waals surface area contributed by atoms with Crippen LogP contribution in [0.2, 0.25) is 0 Å². The first kappa shape index (κ1) is 18.8. The van der Waals surface area contributed by atoms with Crippen molar-refractivity contribution in [1.29, 1.82) is 0 Å². The number of ether oxygens (including phenoxy) is 1. The second-order valence-electron chi connectivity index (χ2n) is 7.00. The van der Waals surface area contributed by atoms with Gasteiger partial charge in [-0.1, -0.05) is 6.07 Å². The molecule has 0 aliphatic carbocycles. The highest BCUT2D eigenvalue weighted by Crippen LogP contribution is 2.39. The maximum Gasteiger partial charge on any atom is 0.252 e. The predicted molar refractivity (Wildman–Crippen MR) is 97.0 cm³/mol. The van der Waals surface area contributed by atoms with Crippen LogP contribution in [0, 0.1) is 5.92 Å². The zero-order valence-electron chi connectivity index (χ0n) is 14.6. The lowest BCUT2D eigenvalue weighted by atomic mass is 9.79. The van der Waals surface area contributed by atoms with E-state index in [4.69, 9.17) is 4.74 Å². The Balaban J connectivity index is 1.56. The van der Waals surface area contributed by atoms with Gasteiger partial charge in [-0.05, 0) is 49.5 Å². The largest absolute Gasteiger partial charge is 0.375 e. The van der Waals surface area contributed by atoms with Crippen molar-refractivity contribution >= 4 is 27.3 Å². The molecule has 0 bridgehead atoms. The number of rotatable bonds is 5. The van der Waals surface area contributed by atoms with Gasteiger partial charge in [0.2, 0.25) is 5.91 Å². The Morgan fingerprint density at radius 3 is 2.84 bits per heavy atom. The Labute approximate surface area is 153 Å². The van der Waals surface area contributed by atoms with Crippen molar-refractivity contribution in [2.45, 2.75) is 48.8 Å². The highest BCUT2D eigenvalue weighted by Gasteiger charge is 2.42. The molecule has 1 amide bonds. The van der Waals surface area contributed by atoms with Crippen molar-refractivity contribution in [2.75, 3.05) is 26.2 Å². The topological polar surface area (TPSA) is 75.7 Å². The van der Waals surface area contributed by atoms with E-state index >= 15 is 0 Å². The van der Waals surface area contributed by atoms with Gasteiger partial charge in [0, 0.05) is 33.2 Å². The second kappa shape index (κ2) is 7.73. The number of sulfonamides is 1. The summed E-state index contributed by atoms with van der Waals surface area (Å²) in [6.45, 7) is 3.99. The molecule has 2 fully saturated rings. The van der Waals surface area contributed by atoms with Crippen LogP contribution in [-0.2, 0) is 19.6 Å². The lowest BCUT2D eigenvalue weighted by Gasteiger charge is -2.45. The van der Waals surface area contributed by atoms with Gasteiger partial charge >= 0.3 is 0 Å². The molecule has 2 saturated heterocycles. The smallest absolute Gasteiger partial charge is 0.252 e. The molecule has 6 nitrogen and oxygen atoms in total. The molecule has 2 aliphatic heterocycles. The molecule has 140 valence electrons. The molecule has 1 aromatic rings. The summed E-state index contributed by atoms with van der Waals surface area (Å²) < 4.78 is 33.4. The van der Waals surface area contributed by atoms with E-state index in [1.807, 2.05) is 0 Å². The molecule has 1 spiro atoms. The van der Waals surface area contributed by atoms with Gasteiger partial charge in [-0.25, -0.2) is 8.42 Å². The van der Waals surface area contributed by atoms with Crippen LogP contribution >= 0.6 is 11.3 Å². The summed E-state index contributed by atoms with van der Waals surface area (Å²) in [5.41, 5.74) is -0.194. The van der Waals surface area contributed by atoms with E-state index in [-0.39, 0.29) is 11.5 Å². The number of nitrogens with zero attached hydrogens (tertiary/aromatic N) is 1. The van der Waals surface area contributed by atoms with Crippen LogP contribution in [0.5, 0.6) is 0 Å². The minimum Gasteiger partial charge on any atom is -0.375 e. The average molecular weight is 387 g/mol. The molecule has 0 radical (unpaired) electrons. The Morgan fingerprint density at radius 2 is 2.20 bits per heavy atom. The summed E-state index contributed by atoms with van der Waals surface area (Å²) in [7, 11) is -3.36. The monoisotopic (exact) mass is 386 g/mol. The van der Waals surface area contributed by atoms with E-state index in [1.54, 1.807) is 21.8 Å². The van der Waals surface area contributed by atoms with Gasteiger partial charge in [0.05, 0.1) is 5.60 Å². The van der Waals surface area contributed by atoms with Crippen molar-refractivity contribution in [3.8, 4) is 0 Å². The zero-order valence-corrected chi connectivity index (χ0v) is 16.2.